The maximum Gasteiger partial charge on any atom is 0.245 e. The number of hydrogen-bond donors (Lipinski definition) is 1. The van der Waals surface area contributed by atoms with Crippen LogP contribution in [0.5, 0.6) is 0 Å². The highest BCUT2D eigenvalue weighted by molar-refractivity contribution is 5.90. The molecule has 5 nitrogen and oxygen atoms in total. The summed E-state index contributed by atoms with van der Waals surface area (Å²) in [6.45, 7) is 5.10. The van der Waals surface area contributed by atoms with Crippen LogP contribution in [0.3, 0.4) is 0 Å². The van der Waals surface area contributed by atoms with E-state index < -0.39 is 5.41 Å². The van der Waals surface area contributed by atoms with Crippen LogP contribution in [0.15, 0.2) is 55.1 Å². The summed E-state index contributed by atoms with van der Waals surface area (Å²) in [4.78, 5) is 32.0. The number of benzene rings is 1. The molecule has 5 heteroatoms. The number of aromatic nitrogens is 1. The highest BCUT2D eigenvalue weighted by atomic mass is 16.2. The van der Waals surface area contributed by atoms with Crippen LogP contribution in [0.1, 0.15) is 48.2 Å². The molecule has 1 aromatic carbocycles. The predicted octanol–water partition coefficient (Wildman–Crippen LogP) is 3.32. The molecule has 0 atom stereocenters. The van der Waals surface area contributed by atoms with Gasteiger partial charge in [0.2, 0.25) is 11.8 Å². The molecule has 2 amide bonds. The fourth-order valence-corrected chi connectivity index (χ4v) is 4.71. The van der Waals surface area contributed by atoms with E-state index in [2.05, 4.69) is 18.0 Å². The van der Waals surface area contributed by atoms with Crippen LogP contribution in [0, 0.1) is 0 Å². The third-order valence-electron chi connectivity index (χ3n) is 6.53. The second-order valence-corrected chi connectivity index (χ2v) is 8.28. The molecule has 1 aliphatic carbocycles. The van der Waals surface area contributed by atoms with Crippen LogP contribution >= 0.6 is 0 Å². The topological polar surface area (TPSA) is 62.3 Å². The molecule has 0 radical (unpaired) electrons. The maximum absolute atomic E-state index is 13.5. The zero-order chi connectivity index (χ0) is 21.0. The van der Waals surface area contributed by atoms with Crippen molar-refractivity contribution in [1.29, 1.82) is 0 Å². The number of piperidine rings is 1. The summed E-state index contributed by atoms with van der Waals surface area (Å²) in [5, 5.41) is 3.15. The molecule has 4 rings (SSSR count). The van der Waals surface area contributed by atoms with E-state index >= 15 is 0 Å². The molecule has 1 N–H and O–H groups in total. The standard InChI is InChI=1S/C25H29N3O2/c1-2-23(29)28-16-14-25(15-17-28,20-9-4-3-5-10-20)24(30)26-18-21-13-12-19-8-6-7-11-22(19)27-21/h2-5,9-10,12-13H,1,6-8,11,14-18H2,(H,26,30). The van der Waals surface area contributed by atoms with Gasteiger partial charge < -0.3 is 10.2 Å². The molecule has 0 saturated carbocycles. The smallest absolute Gasteiger partial charge is 0.245 e. The maximum atomic E-state index is 13.5. The van der Waals surface area contributed by atoms with E-state index in [0.29, 0.717) is 32.5 Å². The highest BCUT2D eigenvalue weighted by Crippen LogP contribution is 2.36. The molecule has 1 saturated heterocycles. The van der Waals surface area contributed by atoms with Gasteiger partial charge in [0.15, 0.2) is 0 Å². The molecule has 0 spiro atoms. The van der Waals surface area contributed by atoms with Gasteiger partial charge in [-0.05, 0) is 61.8 Å². The van der Waals surface area contributed by atoms with Crippen LogP contribution in [0.2, 0.25) is 0 Å². The van der Waals surface area contributed by atoms with Gasteiger partial charge in [-0.15, -0.1) is 0 Å². The summed E-state index contributed by atoms with van der Waals surface area (Å²) in [6.07, 6.45) is 7.09. The van der Waals surface area contributed by atoms with E-state index in [1.807, 2.05) is 36.4 Å². The van der Waals surface area contributed by atoms with E-state index in [9.17, 15) is 9.59 Å². The first-order valence-electron chi connectivity index (χ1n) is 10.9. The lowest BCUT2D eigenvalue weighted by Gasteiger charge is -2.40. The Kier molecular flexibility index (Phi) is 5.98. The molecular formula is C25H29N3O2. The van der Waals surface area contributed by atoms with Crippen LogP contribution in [0.4, 0.5) is 0 Å². The lowest BCUT2D eigenvalue weighted by atomic mass is 9.72. The molecule has 2 heterocycles. The van der Waals surface area contributed by atoms with Crippen LogP contribution in [-0.4, -0.2) is 34.8 Å². The number of amides is 2. The number of nitrogens with one attached hydrogen (secondary N) is 1. The number of fused-ring (bicyclic) bond motifs is 1. The van der Waals surface area contributed by atoms with Gasteiger partial charge in [0, 0.05) is 18.8 Å². The summed E-state index contributed by atoms with van der Waals surface area (Å²) >= 11 is 0. The van der Waals surface area contributed by atoms with E-state index in [1.54, 1.807) is 4.90 Å². The Morgan fingerprint density at radius 1 is 1.07 bits per heavy atom. The number of carbonyl (C=O) groups excluding carboxylic acids is 2. The predicted molar refractivity (Wildman–Crippen MR) is 117 cm³/mol. The number of aryl methyl sites for hydroxylation is 2. The molecule has 156 valence electrons. The van der Waals surface area contributed by atoms with E-state index in [0.717, 1.165) is 24.1 Å². The molecule has 30 heavy (non-hydrogen) atoms. The van der Waals surface area contributed by atoms with Crippen molar-refractivity contribution in [1.82, 2.24) is 15.2 Å². The molecule has 2 aliphatic rings. The summed E-state index contributed by atoms with van der Waals surface area (Å²) in [6, 6.07) is 14.1. The van der Waals surface area contributed by atoms with Crippen LogP contribution in [-0.2, 0) is 34.4 Å². The lowest BCUT2D eigenvalue weighted by molar-refractivity contribution is -0.134. The second kappa shape index (κ2) is 8.82. The molecule has 1 fully saturated rings. The third kappa shape index (κ3) is 4.02. The fourth-order valence-electron chi connectivity index (χ4n) is 4.71. The first-order valence-corrected chi connectivity index (χ1v) is 10.9. The molecule has 0 unspecified atom stereocenters. The number of carbonyl (C=O) groups is 2. The summed E-state index contributed by atoms with van der Waals surface area (Å²) < 4.78 is 0. The van der Waals surface area contributed by atoms with Gasteiger partial charge in [0.05, 0.1) is 17.7 Å². The van der Waals surface area contributed by atoms with E-state index in [4.69, 9.17) is 4.98 Å². The van der Waals surface area contributed by atoms with Crippen molar-refractivity contribution >= 4 is 11.8 Å². The van der Waals surface area contributed by atoms with Crippen molar-refractivity contribution < 1.29 is 9.59 Å². The van der Waals surface area contributed by atoms with Crippen molar-refractivity contribution in [2.45, 2.75) is 50.5 Å². The number of pyridine rings is 1. The molecule has 0 bridgehead atoms. The Labute approximate surface area is 178 Å². The average molecular weight is 404 g/mol. The number of nitrogens with zero attached hydrogens (tertiary/aromatic N) is 2. The van der Waals surface area contributed by atoms with E-state index in [1.165, 1.54) is 30.2 Å². The lowest BCUT2D eigenvalue weighted by Crippen LogP contribution is -2.52. The van der Waals surface area contributed by atoms with Gasteiger partial charge in [-0.1, -0.05) is 43.0 Å². The Morgan fingerprint density at radius 3 is 2.53 bits per heavy atom. The zero-order valence-electron chi connectivity index (χ0n) is 17.4. The Balaban J connectivity index is 1.51. The molecular weight excluding hydrogens is 374 g/mol. The fraction of sp³-hybridized carbons (Fsp3) is 0.400. The van der Waals surface area contributed by atoms with Crippen molar-refractivity contribution in [2.75, 3.05) is 13.1 Å². The minimum atomic E-state index is -0.632. The van der Waals surface area contributed by atoms with Crippen molar-refractivity contribution in [3.05, 3.63) is 77.6 Å². The van der Waals surface area contributed by atoms with Crippen LogP contribution < -0.4 is 5.32 Å². The minimum absolute atomic E-state index is 0.0129. The number of hydrogen-bond acceptors (Lipinski definition) is 3. The van der Waals surface area contributed by atoms with E-state index in [-0.39, 0.29) is 11.8 Å². The monoisotopic (exact) mass is 403 g/mol. The SMILES string of the molecule is C=CC(=O)N1CCC(C(=O)NCc2ccc3c(n2)CCCC3)(c2ccccc2)CC1. The summed E-state index contributed by atoms with van der Waals surface area (Å²) in [5.41, 5.74) is 3.81. The first-order chi connectivity index (χ1) is 14.6. The summed E-state index contributed by atoms with van der Waals surface area (Å²) in [5.74, 6) is -0.0609. The molecule has 1 aliphatic heterocycles. The van der Waals surface area contributed by atoms with Gasteiger partial charge >= 0.3 is 0 Å². The van der Waals surface area contributed by atoms with Gasteiger partial charge in [-0.25, -0.2) is 0 Å². The Bertz CT molecular complexity index is 931. The second-order valence-electron chi connectivity index (χ2n) is 8.28. The molecule has 1 aromatic heterocycles. The third-order valence-corrected chi connectivity index (χ3v) is 6.53. The average Bonchev–Trinajstić information content (AvgIpc) is 2.82. The summed E-state index contributed by atoms with van der Waals surface area (Å²) in [7, 11) is 0. The Morgan fingerprint density at radius 2 is 1.80 bits per heavy atom. The van der Waals surface area contributed by atoms with Crippen molar-refractivity contribution in [3.63, 3.8) is 0 Å². The zero-order valence-corrected chi connectivity index (χ0v) is 17.4. The van der Waals surface area contributed by atoms with Gasteiger partial charge in [-0.3, -0.25) is 14.6 Å². The number of likely N-dealkylation sites (tertiary alicyclic amines) is 1. The van der Waals surface area contributed by atoms with Crippen molar-refractivity contribution in [2.24, 2.45) is 0 Å². The van der Waals surface area contributed by atoms with Gasteiger partial charge in [-0.2, -0.15) is 0 Å². The Hall–Kier alpha value is -2.95. The van der Waals surface area contributed by atoms with Crippen molar-refractivity contribution in [3.8, 4) is 0 Å². The largest absolute Gasteiger partial charge is 0.350 e. The van der Waals surface area contributed by atoms with Crippen LogP contribution in [0.25, 0.3) is 0 Å². The normalized spacial score (nSPS) is 17.7. The first kappa shape index (κ1) is 20.3. The number of rotatable bonds is 5. The minimum Gasteiger partial charge on any atom is -0.350 e. The quantitative estimate of drug-likeness (QED) is 0.779. The van der Waals surface area contributed by atoms with Gasteiger partial charge in [0.1, 0.15) is 0 Å². The molecule has 2 aromatic rings. The highest BCUT2D eigenvalue weighted by Gasteiger charge is 2.43. The van der Waals surface area contributed by atoms with Gasteiger partial charge in [0.25, 0.3) is 0 Å².